The number of carbonyl (C=O) groups is 1. The Bertz CT molecular complexity index is 983. The highest BCUT2D eigenvalue weighted by atomic mass is 35.5. The number of anilines is 2. The van der Waals surface area contributed by atoms with Crippen molar-refractivity contribution in [2.75, 3.05) is 23.8 Å². The van der Waals surface area contributed by atoms with Crippen molar-refractivity contribution in [1.29, 1.82) is 0 Å². The first-order valence-electron chi connectivity index (χ1n) is 9.62. The third-order valence-corrected chi connectivity index (χ3v) is 4.69. The van der Waals surface area contributed by atoms with Crippen LogP contribution in [0.3, 0.4) is 0 Å². The van der Waals surface area contributed by atoms with Gasteiger partial charge in [0.1, 0.15) is 11.6 Å². The van der Waals surface area contributed by atoms with E-state index in [2.05, 4.69) is 4.98 Å². The number of benzene rings is 1. The van der Waals surface area contributed by atoms with E-state index in [1.807, 2.05) is 20.8 Å². The molecule has 0 fully saturated rings. The Hall–Kier alpha value is -2.74. The van der Waals surface area contributed by atoms with E-state index in [0.717, 1.165) is 18.4 Å². The van der Waals surface area contributed by atoms with Crippen LogP contribution >= 0.6 is 11.6 Å². The predicted octanol–water partition coefficient (Wildman–Crippen LogP) is 2.70. The maximum atomic E-state index is 12.9. The molecular formula is C20H27ClN4O4. The number of nitrogens with zero attached hydrogens (tertiary/aromatic N) is 2. The maximum absolute atomic E-state index is 12.9. The zero-order valence-electron chi connectivity index (χ0n) is 17.0. The molecule has 9 heteroatoms. The molecule has 2 aromatic rings. The first-order chi connectivity index (χ1) is 13.8. The highest BCUT2D eigenvalue weighted by Gasteiger charge is 2.24. The minimum absolute atomic E-state index is 0.0170. The number of halogens is 1. The lowest BCUT2D eigenvalue weighted by atomic mass is 10.2. The van der Waals surface area contributed by atoms with Crippen molar-refractivity contribution in [2.45, 2.75) is 46.6 Å². The van der Waals surface area contributed by atoms with E-state index in [9.17, 15) is 14.4 Å². The number of unbranched alkanes of at least 4 members (excludes halogenated alkanes) is 1. The molecule has 158 valence electrons. The summed E-state index contributed by atoms with van der Waals surface area (Å²) in [5, 5.41) is 0.572. The number of rotatable bonds is 9. The van der Waals surface area contributed by atoms with Crippen LogP contribution in [0.2, 0.25) is 5.02 Å². The molecule has 29 heavy (non-hydrogen) atoms. The summed E-state index contributed by atoms with van der Waals surface area (Å²) in [6.07, 6.45) is 2.17. The van der Waals surface area contributed by atoms with Crippen LogP contribution in [0.5, 0.6) is 5.75 Å². The highest BCUT2D eigenvalue weighted by Crippen LogP contribution is 2.23. The number of nitrogen functional groups attached to an aromatic ring is 1. The van der Waals surface area contributed by atoms with Crippen molar-refractivity contribution in [3.05, 3.63) is 49.6 Å². The fourth-order valence-corrected chi connectivity index (χ4v) is 3.18. The third-order valence-electron chi connectivity index (χ3n) is 4.46. The van der Waals surface area contributed by atoms with Gasteiger partial charge in [0.05, 0.1) is 0 Å². The molecule has 0 saturated heterocycles. The zero-order chi connectivity index (χ0) is 21.6. The van der Waals surface area contributed by atoms with Crippen molar-refractivity contribution in [3.8, 4) is 5.75 Å². The number of nitrogens with one attached hydrogen (secondary N) is 1. The van der Waals surface area contributed by atoms with E-state index >= 15 is 0 Å². The van der Waals surface area contributed by atoms with Crippen LogP contribution < -0.4 is 26.6 Å². The molecule has 0 atom stereocenters. The van der Waals surface area contributed by atoms with E-state index in [1.165, 1.54) is 9.47 Å². The van der Waals surface area contributed by atoms with Gasteiger partial charge in [0.2, 0.25) is 0 Å². The molecule has 1 heterocycles. The molecular weight excluding hydrogens is 396 g/mol. The molecule has 3 N–H and O–H groups in total. The predicted molar refractivity (Wildman–Crippen MR) is 115 cm³/mol. The molecule has 8 nitrogen and oxygen atoms in total. The Morgan fingerprint density at radius 3 is 2.62 bits per heavy atom. The van der Waals surface area contributed by atoms with Crippen LogP contribution in [0, 0.1) is 6.92 Å². The van der Waals surface area contributed by atoms with Crippen molar-refractivity contribution in [1.82, 2.24) is 9.55 Å². The van der Waals surface area contributed by atoms with Crippen LogP contribution in [0.15, 0.2) is 27.8 Å². The fraction of sp³-hybridized carbons (Fsp3) is 0.450. The van der Waals surface area contributed by atoms with Gasteiger partial charge in [-0.2, -0.15) is 0 Å². The van der Waals surface area contributed by atoms with Crippen LogP contribution in [0.4, 0.5) is 11.5 Å². The van der Waals surface area contributed by atoms with E-state index in [-0.39, 0.29) is 24.7 Å². The van der Waals surface area contributed by atoms with Crippen LogP contribution in [-0.4, -0.2) is 28.6 Å². The van der Waals surface area contributed by atoms with Crippen molar-refractivity contribution in [2.24, 2.45) is 0 Å². The molecule has 1 amide bonds. The molecule has 0 bridgehead atoms. The number of amides is 1. The Morgan fingerprint density at radius 2 is 2.00 bits per heavy atom. The van der Waals surface area contributed by atoms with Crippen molar-refractivity contribution >= 4 is 29.0 Å². The summed E-state index contributed by atoms with van der Waals surface area (Å²) in [5.41, 5.74) is 5.63. The Balaban J connectivity index is 2.33. The largest absolute Gasteiger partial charge is 0.483 e. The number of aromatic amines is 1. The third kappa shape index (κ3) is 5.41. The quantitative estimate of drug-likeness (QED) is 0.645. The molecule has 0 aliphatic heterocycles. The summed E-state index contributed by atoms with van der Waals surface area (Å²) in [7, 11) is 0. The summed E-state index contributed by atoms with van der Waals surface area (Å²) in [4.78, 5) is 41.0. The number of carbonyl (C=O) groups excluding carboxylic acids is 1. The monoisotopic (exact) mass is 422 g/mol. The van der Waals surface area contributed by atoms with Crippen molar-refractivity contribution in [3.63, 3.8) is 0 Å². The van der Waals surface area contributed by atoms with Gasteiger partial charge in [0.25, 0.3) is 11.5 Å². The van der Waals surface area contributed by atoms with Gasteiger partial charge < -0.3 is 15.4 Å². The lowest BCUT2D eigenvalue weighted by molar-refractivity contribution is -0.120. The standard InChI is InChI=1S/C20H27ClN4O4/c1-4-6-10-25-18(22)17(19(27)23-20(25)28)24(9-5-2)16(26)12-29-15-8-7-14(21)11-13(15)3/h7-8,11H,4-6,9-10,12,22H2,1-3H3,(H,23,27,28). The summed E-state index contributed by atoms with van der Waals surface area (Å²) in [5.74, 6) is 0.0739. The average Bonchev–Trinajstić information content (AvgIpc) is 2.66. The Kier molecular flexibility index (Phi) is 7.90. The summed E-state index contributed by atoms with van der Waals surface area (Å²) < 4.78 is 6.92. The van der Waals surface area contributed by atoms with Crippen molar-refractivity contribution < 1.29 is 9.53 Å². The molecule has 0 unspecified atom stereocenters. The molecule has 0 aliphatic carbocycles. The van der Waals surface area contributed by atoms with Crippen LogP contribution in [0.1, 0.15) is 38.7 Å². The van der Waals surface area contributed by atoms with Gasteiger partial charge in [-0.25, -0.2) is 4.79 Å². The van der Waals surface area contributed by atoms with Gasteiger partial charge in [0, 0.05) is 18.1 Å². The summed E-state index contributed by atoms with van der Waals surface area (Å²) in [6.45, 7) is 6.02. The number of aryl methyl sites for hydroxylation is 1. The lowest BCUT2D eigenvalue weighted by Gasteiger charge is -2.24. The number of nitrogens with two attached hydrogens (primary N) is 1. The number of ether oxygens (including phenoxy) is 1. The second kappa shape index (κ2) is 10.2. The molecule has 0 aliphatic rings. The Morgan fingerprint density at radius 1 is 1.28 bits per heavy atom. The van der Waals surface area contributed by atoms with Gasteiger partial charge in [0.15, 0.2) is 12.3 Å². The minimum Gasteiger partial charge on any atom is -0.483 e. The van der Waals surface area contributed by atoms with E-state index in [0.29, 0.717) is 23.7 Å². The van der Waals surface area contributed by atoms with Gasteiger partial charge in [-0.15, -0.1) is 0 Å². The van der Waals surface area contributed by atoms with Gasteiger partial charge in [-0.1, -0.05) is 31.9 Å². The molecule has 0 radical (unpaired) electrons. The fourth-order valence-electron chi connectivity index (χ4n) is 2.95. The van der Waals surface area contributed by atoms with E-state index in [1.54, 1.807) is 18.2 Å². The SMILES string of the molecule is CCCCn1c(N)c(N(CCC)C(=O)COc2ccc(Cl)cc2C)c(=O)[nH]c1=O. The number of aromatic nitrogens is 2. The topological polar surface area (TPSA) is 110 Å². The summed E-state index contributed by atoms with van der Waals surface area (Å²) in [6, 6.07) is 5.09. The molecule has 0 spiro atoms. The van der Waals surface area contributed by atoms with E-state index in [4.69, 9.17) is 22.1 Å². The summed E-state index contributed by atoms with van der Waals surface area (Å²) >= 11 is 5.94. The molecule has 1 aromatic carbocycles. The number of H-pyrrole nitrogens is 1. The zero-order valence-corrected chi connectivity index (χ0v) is 17.7. The molecule has 1 aromatic heterocycles. The first-order valence-corrected chi connectivity index (χ1v) is 9.99. The second-order valence-corrected chi connectivity index (χ2v) is 7.18. The maximum Gasteiger partial charge on any atom is 0.330 e. The molecule has 2 rings (SSSR count). The van der Waals surface area contributed by atoms with Crippen LogP contribution in [0.25, 0.3) is 0 Å². The van der Waals surface area contributed by atoms with Gasteiger partial charge in [-0.3, -0.25) is 19.1 Å². The smallest absolute Gasteiger partial charge is 0.330 e. The average molecular weight is 423 g/mol. The van der Waals surface area contributed by atoms with Gasteiger partial charge >= 0.3 is 5.69 Å². The second-order valence-electron chi connectivity index (χ2n) is 6.74. The van der Waals surface area contributed by atoms with E-state index < -0.39 is 17.2 Å². The van der Waals surface area contributed by atoms with Crippen LogP contribution in [-0.2, 0) is 11.3 Å². The Labute approximate surface area is 174 Å². The first kappa shape index (κ1) is 22.5. The number of hydrogen-bond acceptors (Lipinski definition) is 5. The number of hydrogen-bond donors (Lipinski definition) is 2. The molecule has 0 saturated carbocycles. The minimum atomic E-state index is -0.690. The normalized spacial score (nSPS) is 10.8. The lowest BCUT2D eigenvalue weighted by Crippen LogP contribution is -2.43. The van der Waals surface area contributed by atoms with Gasteiger partial charge in [-0.05, 0) is 43.5 Å². The highest BCUT2D eigenvalue weighted by molar-refractivity contribution is 6.30.